The molecule has 0 saturated carbocycles. The van der Waals surface area contributed by atoms with Crippen LogP contribution in [0.4, 0.5) is 0 Å². The van der Waals surface area contributed by atoms with Gasteiger partial charge in [-0.25, -0.2) is 19.3 Å². The molecule has 0 spiro atoms. The molecule has 4 aromatic rings. The van der Waals surface area contributed by atoms with E-state index in [-0.39, 0.29) is 33.2 Å². The smallest absolute Gasteiger partial charge is 0.408 e. The number of carbonyl (C=O) groups excluding carboxylic acids is 2. The van der Waals surface area contributed by atoms with Gasteiger partial charge in [-0.2, -0.15) is 0 Å². The highest BCUT2D eigenvalue weighted by molar-refractivity contribution is 7.52. The molecule has 0 aliphatic rings. The van der Waals surface area contributed by atoms with Crippen LogP contribution in [-0.2, 0) is 79.0 Å². The molecule has 4 rings (SSSR count). The molecule has 0 fully saturated rings. The first-order valence-corrected chi connectivity index (χ1v) is 23.4. The first kappa shape index (κ1) is 49.3. The summed E-state index contributed by atoms with van der Waals surface area (Å²) in [7, 11) is 0.171. The number of benzene rings is 2. The van der Waals surface area contributed by atoms with E-state index in [0.717, 1.165) is 64.4 Å². The molecule has 0 amide bonds. The van der Waals surface area contributed by atoms with Crippen molar-refractivity contribution in [2.75, 3.05) is 67.6 Å². The summed E-state index contributed by atoms with van der Waals surface area (Å²) in [5.41, 5.74) is 3.00. The maximum Gasteiger partial charge on any atom is 0.408 e. The molecule has 0 radical (unpaired) electrons. The molecule has 2 heterocycles. The Kier molecular flexibility index (Phi) is 17.7. The van der Waals surface area contributed by atoms with Gasteiger partial charge in [-0.05, 0) is 118 Å². The summed E-state index contributed by atoms with van der Waals surface area (Å²) in [5, 5.41) is 7.42. The first-order chi connectivity index (χ1) is 28.1. The fourth-order valence-corrected chi connectivity index (χ4v) is 9.32. The Labute approximate surface area is 355 Å². The van der Waals surface area contributed by atoms with Crippen LogP contribution in [0, 0.1) is 0 Å². The predicted molar refractivity (Wildman–Crippen MR) is 235 cm³/mol. The zero-order valence-electron chi connectivity index (χ0n) is 37.2. The van der Waals surface area contributed by atoms with Crippen molar-refractivity contribution in [3.05, 3.63) is 71.5 Å². The third-order valence-corrected chi connectivity index (χ3v) is 12.5. The van der Waals surface area contributed by atoms with E-state index in [1.54, 1.807) is 48.5 Å². The van der Waals surface area contributed by atoms with Gasteiger partial charge in [-0.15, -0.1) is 0 Å². The van der Waals surface area contributed by atoms with Crippen LogP contribution in [-0.4, -0.2) is 110 Å². The Morgan fingerprint density at radius 1 is 0.700 bits per heavy atom. The molecule has 0 aliphatic carbocycles. The number of nitrogens with one attached hydrogen (secondary N) is 2. The molecule has 2 N–H and O–H groups in total. The molecular formula is C42H66N6O10P2. The number of rotatable bonds is 25. The summed E-state index contributed by atoms with van der Waals surface area (Å²) in [4.78, 5) is 29.6. The molecule has 0 bridgehead atoms. The lowest BCUT2D eigenvalue weighted by molar-refractivity contribution is -0.155. The average Bonchev–Trinajstić information content (AvgIpc) is 3.69. The Hall–Kier alpha value is -3.40. The van der Waals surface area contributed by atoms with Crippen LogP contribution in [0.1, 0.15) is 65.2 Å². The third-order valence-electron chi connectivity index (χ3n) is 9.14. The fraction of sp³-hybridized carbons (Fsp3) is 0.571. The minimum absolute atomic E-state index is 0.0667. The molecule has 16 nitrogen and oxygen atoms in total. The highest BCUT2D eigenvalue weighted by Crippen LogP contribution is 2.48. The second kappa shape index (κ2) is 21.6. The summed E-state index contributed by atoms with van der Waals surface area (Å²) < 4.78 is 65.5. The summed E-state index contributed by atoms with van der Waals surface area (Å²) in [6, 6.07) is 14.0. The maximum atomic E-state index is 14.2. The van der Waals surface area contributed by atoms with Gasteiger partial charge in [0.05, 0.1) is 29.8 Å². The number of para-hydroxylation sites is 1. The molecule has 2 atom stereocenters. The minimum Gasteiger partial charge on any atom is -0.465 e. The number of likely N-dealkylation sites (N-methyl/N-ethyl adjacent to an activating group) is 2. The van der Waals surface area contributed by atoms with Crippen LogP contribution in [0.15, 0.2) is 54.9 Å². The van der Waals surface area contributed by atoms with Gasteiger partial charge in [0, 0.05) is 42.7 Å². The second-order valence-corrected chi connectivity index (χ2v) is 20.3. The van der Waals surface area contributed by atoms with E-state index in [2.05, 4.69) is 26.0 Å². The molecule has 18 heteroatoms. The molecule has 2 aromatic carbocycles. The monoisotopic (exact) mass is 876 g/mol. The number of carbonyl (C=O) groups is 2. The third kappa shape index (κ3) is 15.2. The van der Waals surface area contributed by atoms with Crippen LogP contribution in [0.5, 0.6) is 0 Å². The van der Waals surface area contributed by atoms with Crippen LogP contribution in [0.2, 0.25) is 0 Å². The predicted octanol–water partition coefficient (Wildman–Crippen LogP) is 7.13. The fourth-order valence-electron chi connectivity index (χ4n) is 6.59. The van der Waals surface area contributed by atoms with Gasteiger partial charge >= 0.3 is 27.4 Å². The molecule has 2 aromatic heterocycles. The number of esters is 2. The number of hydrogen-bond donors (Lipinski definition) is 2. The second-order valence-electron chi connectivity index (χ2n) is 16.7. The van der Waals surface area contributed by atoms with E-state index in [0.29, 0.717) is 6.42 Å². The van der Waals surface area contributed by atoms with Gasteiger partial charge in [0.25, 0.3) is 0 Å². The quantitative estimate of drug-likeness (QED) is 0.0511. The SMILES string of the molecule is CCOC(=O)CNP(=O)(OCC)OCn1cc(CCN(C)C)c2ccc(CC(C)(C)OC(=O)CNP(=O)(OCn3cc(CCN(C)C)c4ccccc43)OC(C)(C)C)cc21. The Balaban J connectivity index is 1.47. The zero-order valence-corrected chi connectivity index (χ0v) is 39.0. The zero-order chi connectivity index (χ0) is 44.3. The first-order valence-electron chi connectivity index (χ1n) is 20.3. The van der Waals surface area contributed by atoms with Crippen molar-refractivity contribution in [1.82, 2.24) is 29.1 Å². The molecule has 0 saturated heterocycles. The van der Waals surface area contributed by atoms with E-state index in [9.17, 15) is 18.7 Å². The number of ether oxygens (including phenoxy) is 2. The lowest BCUT2D eigenvalue weighted by atomic mass is 9.97. The average molecular weight is 877 g/mol. The van der Waals surface area contributed by atoms with Crippen molar-refractivity contribution >= 4 is 49.2 Å². The molecule has 334 valence electrons. The minimum atomic E-state index is -4.02. The lowest BCUT2D eigenvalue weighted by Crippen LogP contribution is -2.35. The van der Waals surface area contributed by atoms with Gasteiger partial charge in [0.2, 0.25) is 0 Å². The van der Waals surface area contributed by atoms with Crippen LogP contribution < -0.4 is 10.2 Å². The lowest BCUT2D eigenvalue weighted by Gasteiger charge is -2.29. The highest BCUT2D eigenvalue weighted by Gasteiger charge is 2.34. The van der Waals surface area contributed by atoms with Crippen LogP contribution in [0.3, 0.4) is 0 Å². The van der Waals surface area contributed by atoms with Gasteiger partial charge in [-0.3, -0.25) is 27.7 Å². The van der Waals surface area contributed by atoms with Crippen molar-refractivity contribution < 1.29 is 46.3 Å². The van der Waals surface area contributed by atoms with Crippen molar-refractivity contribution in [3.8, 4) is 0 Å². The Morgan fingerprint density at radius 3 is 1.83 bits per heavy atom. The van der Waals surface area contributed by atoms with E-state index in [1.165, 1.54) is 0 Å². The Bertz CT molecular complexity index is 2140. The summed E-state index contributed by atoms with van der Waals surface area (Å²) in [6.07, 6.45) is 5.89. The summed E-state index contributed by atoms with van der Waals surface area (Å²) >= 11 is 0. The normalized spacial score (nSPS) is 14.6. The summed E-state index contributed by atoms with van der Waals surface area (Å²) in [5.74, 6) is -1.21. The summed E-state index contributed by atoms with van der Waals surface area (Å²) in [6.45, 7) is 13.3. The molecular weight excluding hydrogens is 810 g/mol. The van der Waals surface area contributed by atoms with Gasteiger partial charge in [-0.1, -0.05) is 30.3 Å². The Morgan fingerprint density at radius 2 is 1.25 bits per heavy atom. The molecule has 60 heavy (non-hydrogen) atoms. The van der Waals surface area contributed by atoms with Crippen molar-refractivity contribution in [2.24, 2.45) is 0 Å². The largest absolute Gasteiger partial charge is 0.465 e. The molecule has 0 aliphatic heterocycles. The van der Waals surface area contributed by atoms with Crippen LogP contribution in [0.25, 0.3) is 21.8 Å². The number of hydrogen-bond acceptors (Lipinski definition) is 12. The number of fused-ring (bicyclic) bond motifs is 2. The number of nitrogens with zero attached hydrogens (tertiary/aromatic N) is 4. The maximum absolute atomic E-state index is 14.2. The van der Waals surface area contributed by atoms with Crippen molar-refractivity contribution in [3.63, 3.8) is 0 Å². The van der Waals surface area contributed by atoms with Gasteiger partial charge in [0.1, 0.15) is 32.2 Å². The standard InChI is InChI=1S/C42H66N6O10P2/c1-12-53-39(49)26-43-59(51,54-13-2)55-31-48-29-34(21-23-46(10)11)36-19-18-32(24-38(36)48)25-42(6,7)57-40(50)27-44-60(52,58-41(3,4)5)56-30-47-28-33(20-22-45(8)9)35-16-14-15-17-37(35)47/h14-19,24,28-29H,12-13,20-23,25-27,30-31H2,1-11H3,(H,43,51)(H,44,52). The van der Waals surface area contributed by atoms with E-state index < -0.39 is 45.2 Å². The van der Waals surface area contributed by atoms with Crippen molar-refractivity contribution in [1.29, 1.82) is 0 Å². The number of aromatic nitrogens is 2. The van der Waals surface area contributed by atoms with E-state index in [4.69, 9.17) is 27.6 Å². The van der Waals surface area contributed by atoms with Crippen LogP contribution >= 0.6 is 15.5 Å². The van der Waals surface area contributed by atoms with Gasteiger partial charge in [0.15, 0.2) is 0 Å². The van der Waals surface area contributed by atoms with E-state index >= 15 is 0 Å². The molecule has 2 unspecified atom stereocenters. The highest BCUT2D eigenvalue weighted by atomic mass is 31.2. The van der Waals surface area contributed by atoms with E-state index in [1.807, 2.05) is 86.1 Å². The van der Waals surface area contributed by atoms with Gasteiger partial charge < -0.3 is 28.4 Å². The topological polar surface area (TPSA) is 164 Å². The van der Waals surface area contributed by atoms with Crippen molar-refractivity contribution in [2.45, 2.75) is 92.4 Å².